The second-order valence-electron chi connectivity index (χ2n) is 6.11. The lowest BCUT2D eigenvalue weighted by Gasteiger charge is -2.12. The van der Waals surface area contributed by atoms with E-state index in [9.17, 15) is 9.59 Å². The molecule has 28 heavy (non-hydrogen) atoms. The highest BCUT2D eigenvalue weighted by molar-refractivity contribution is 6.04. The van der Waals surface area contributed by atoms with Gasteiger partial charge in [-0.15, -0.1) is 0 Å². The Morgan fingerprint density at radius 2 is 1.68 bits per heavy atom. The number of amides is 2. The Labute approximate surface area is 163 Å². The molecule has 3 aromatic carbocycles. The Hall–Kier alpha value is -3.38. The van der Waals surface area contributed by atoms with Gasteiger partial charge in [0.2, 0.25) is 0 Å². The zero-order valence-corrected chi connectivity index (χ0v) is 15.6. The molecular formula is C22H22N2O4. The van der Waals surface area contributed by atoms with Gasteiger partial charge in [0.25, 0.3) is 11.8 Å². The topological polar surface area (TPSA) is 76.7 Å². The molecular weight excluding hydrogens is 356 g/mol. The third-order valence-corrected chi connectivity index (χ3v) is 4.15. The molecule has 6 nitrogen and oxygen atoms in total. The largest absolute Gasteiger partial charge is 0.483 e. The lowest BCUT2D eigenvalue weighted by atomic mass is 10.1. The quantitative estimate of drug-likeness (QED) is 0.590. The minimum Gasteiger partial charge on any atom is -0.483 e. The summed E-state index contributed by atoms with van der Waals surface area (Å²) in [6.45, 7) is 0.647. The van der Waals surface area contributed by atoms with E-state index in [4.69, 9.17) is 9.47 Å². The number of carbonyl (C=O) groups is 2. The molecule has 0 saturated heterocycles. The molecule has 0 heterocycles. The summed E-state index contributed by atoms with van der Waals surface area (Å²) in [6, 6.07) is 20.3. The summed E-state index contributed by atoms with van der Waals surface area (Å²) in [7, 11) is 1.57. The number of methoxy groups -OCH3 is 1. The van der Waals surface area contributed by atoms with Gasteiger partial charge in [-0.3, -0.25) is 9.59 Å². The van der Waals surface area contributed by atoms with Gasteiger partial charge in [-0.25, -0.2) is 0 Å². The van der Waals surface area contributed by atoms with Gasteiger partial charge >= 0.3 is 0 Å². The Balaban J connectivity index is 1.64. The third-order valence-electron chi connectivity index (χ3n) is 4.15. The summed E-state index contributed by atoms with van der Waals surface area (Å²) < 4.78 is 10.6. The van der Waals surface area contributed by atoms with E-state index in [0.29, 0.717) is 30.2 Å². The van der Waals surface area contributed by atoms with Crippen LogP contribution in [0.25, 0.3) is 10.8 Å². The number of nitrogens with one attached hydrogen (secondary N) is 2. The van der Waals surface area contributed by atoms with E-state index in [1.165, 1.54) is 0 Å². The van der Waals surface area contributed by atoms with Crippen molar-refractivity contribution in [1.82, 2.24) is 5.32 Å². The molecule has 0 unspecified atom stereocenters. The van der Waals surface area contributed by atoms with E-state index in [-0.39, 0.29) is 18.4 Å². The minimum absolute atomic E-state index is 0.159. The summed E-state index contributed by atoms with van der Waals surface area (Å²) in [5.74, 6) is 0.0202. The number of anilines is 1. The highest BCUT2D eigenvalue weighted by Gasteiger charge is 2.13. The fraction of sp³-hybridized carbons (Fsp3) is 0.182. The van der Waals surface area contributed by atoms with Crippen LogP contribution in [0.3, 0.4) is 0 Å². The first-order valence-electron chi connectivity index (χ1n) is 8.95. The minimum atomic E-state index is -0.343. The van der Waals surface area contributed by atoms with Crippen LogP contribution in [-0.2, 0) is 9.53 Å². The molecule has 144 valence electrons. The molecule has 0 aliphatic carbocycles. The summed E-state index contributed by atoms with van der Waals surface area (Å²) in [5.41, 5.74) is 0.820. The SMILES string of the molecule is COCCNC(=O)c1ccccc1NC(=O)COc1cccc2ccccc12. The van der Waals surface area contributed by atoms with Crippen LogP contribution >= 0.6 is 0 Å². The fourth-order valence-electron chi connectivity index (χ4n) is 2.80. The predicted molar refractivity (Wildman–Crippen MR) is 109 cm³/mol. The molecule has 0 fully saturated rings. The van der Waals surface area contributed by atoms with E-state index < -0.39 is 0 Å². The van der Waals surface area contributed by atoms with Gasteiger partial charge in [-0.05, 0) is 23.6 Å². The number of rotatable bonds is 8. The maximum Gasteiger partial charge on any atom is 0.262 e. The van der Waals surface area contributed by atoms with E-state index in [0.717, 1.165) is 10.8 Å². The molecule has 0 aliphatic rings. The molecule has 3 aromatic rings. The number of hydrogen-bond donors (Lipinski definition) is 2. The van der Waals surface area contributed by atoms with Crippen LogP contribution < -0.4 is 15.4 Å². The molecule has 2 amide bonds. The van der Waals surface area contributed by atoms with Gasteiger partial charge in [0.1, 0.15) is 5.75 Å². The van der Waals surface area contributed by atoms with E-state index in [1.54, 1.807) is 31.4 Å². The number of ether oxygens (including phenoxy) is 2. The number of para-hydroxylation sites is 1. The Morgan fingerprint density at radius 1 is 0.929 bits per heavy atom. The van der Waals surface area contributed by atoms with Crippen molar-refractivity contribution in [3.8, 4) is 5.75 Å². The van der Waals surface area contributed by atoms with Crippen molar-refractivity contribution in [3.05, 3.63) is 72.3 Å². The van der Waals surface area contributed by atoms with Gasteiger partial charge in [-0.2, -0.15) is 0 Å². The molecule has 0 atom stereocenters. The van der Waals surface area contributed by atoms with Crippen LogP contribution in [0, 0.1) is 0 Å². The van der Waals surface area contributed by atoms with Crippen LogP contribution in [0.1, 0.15) is 10.4 Å². The average molecular weight is 378 g/mol. The van der Waals surface area contributed by atoms with Crippen molar-refractivity contribution < 1.29 is 19.1 Å². The molecule has 0 saturated carbocycles. The highest BCUT2D eigenvalue weighted by atomic mass is 16.5. The number of carbonyl (C=O) groups excluding carboxylic acids is 2. The van der Waals surface area contributed by atoms with Crippen LogP contribution in [0.5, 0.6) is 5.75 Å². The third kappa shape index (κ3) is 4.86. The Morgan fingerprint density at radius 3 is 2.54 bits per heavy atom. The van der Waals surface area contributed by atoms with Crippen LogP contribution in [-0.4, -0.2) is 38.7 Å². The molecule has 0 aliphatic heterocycles. The second kappa shape index (κ2) is 9.53. The summed E-state index contributed by atoms with van der Waals surface area (Å²) in [4.78, 5) is 24.7. The second-order valence-corrected chi connectivity index (χ2v) is 6.11. The van der Waals surface area contributed by atoms with Crippen LogP contribution in [0.2, 0.25) is 0 Å². The highest BCUT2D eigenvalue weighted by Crippen LogP contribution is 2.25. The normalized spacial score (nSPS) is 10.5. The molecule has 0 bridgehead atoms. The first kappa shape index (κ1) is 19.4. The standard InChI is InChI=1S/C22H22N2O4/c1-27-14-13-23-22(26)18-10-4-5-11-19(18)24-21(25)15-28-20-12-6-8-16-7-2-3-9-17(16)20/h2-12H,13-15H2,1H3,(H,23,26)(H,24,25). The number of fused-ring (bicyclic) bond motifs is 1. The number of hydrogen-bond acceptors (Lipinski definition) is 4. The molecule has 3 rings (SSSR count). The zero-order valence-electron chi connectivity index (χ0n) is 15.6. The number of benzene rings is 3. The lowest BCUT2D eigenvalue weighted by Crippen LogP contribution is -2.28. The van der Waals surface area contributed by atoms with Crippen LogP contribution in [0.15, 0.2) is 66.7 Å². The van der Waals surface area contributed by atoms with Gasteiger partial charge in [0.15, 0.2) is 6.61 Å². The fourth-order valence-corrected chi connectivity index (χ4v) is 2.80. The summed E-state index contributed by atoms with van der Waals surface area (Å²) in [6.07, 6.45) is 0. The van der Waals surface area contributed by atoms with Crippen molar-refractivity contribution in [2.75, 3.05) is 32.2 Å². The summed E-state index contributed by atoms with van der Waals surface area (Å²) in [5, 5.41) is 7.47. The summed E-state index contributed by atoms with van der Waals surface area (Å²) >= 11 is 0. The average Bonchev–Trinajstić information content (AvgIpc) is 2.72. The van der Waals surface area contributed by atoms with Crippen molar-refractivity contribution in [3.63, 3.8) is 0 Å². The maximum absolute atomic E-state index is 12.4. The van der Waals surface area contributed by atoms with Crippen molar-refractivity contribution in [2.45, 2.75) is 0 Å². The first-order chi connectivity index (χ1) is 13.7. The van der Waals surface area contributed by atoms with Gasteiger partial charge < -0.3 is 20.1 Å². The monoisotopic (exact) mass is 378 g/mol. The Bertz CT molecular complexity index is 966. The first-order valence-corrected chi connectivity index (χ1v) is 8.95. The Kier molecular flexibility index (Phi) is 6.59. The smallest absolute Gasteiger partial charge is 0.262 e. The van der Waals surface area contributed by atoms with Gasteiger partial charge in [-0.1, -0.05) is 48.5 Å². The molecule has 2 N–H and O–H groups in total. The lowest BCUT2D eigenvalue weighted by molar-refractivity contribution is -0.118. The van der Waals surface area contributed by atoms with Crippen molar-refractivity contribution in [2.24, 2.45) is 0 Å². The van der Waals surface area contributed by atoms with Gasteiger partial charge in [0, 0.05) is 19.0 Å². The van der Waals surface area contributed by atoms with Gasteiger partial charge in [0.05, 0.1) is 17.9 Å². The van der Waals surface area contributed by atoms with Crippen molar-refractivity contribution >= 4 is 28.3 Å². The molecule has 0 radical (unpaired) electrons. The van der Waals surface area contributed by atoms with E-state index >= 15 is 0 Å². The van der Waals surface area contributed by atoms with E-state index in [2.05, 4.69) is 10.6 Å². The maximum atomic E-state index is 12.4. The van der Waals surface area contributed by atoms with Crippen LogP contribution in [0.4, 0.5) is 5.69 Å². The van der Waals surface area contributed by atoms with E-state index in [1.807, 2.05) is 42.5 Å². The molecule has 0 spiro atoms. The molecule has 6 heteroatoms. The zero-order chi connectivity index (χ0) is 19.8. The molecule has 0 aromatic heterocycles. The predicted octanol–water partition coefficient (Wildman–Crippen LogP) is 3.23. The van der Waals surface area contributed by atoms with Crippen molar-refractivity contribution in [1.29, 1.82) is 0 Å².